The van der Waals surface area contributed by atoms with Crippen LogP contribution in [-0.2, 0) is 14.8 Å². The molecule has 6 heteroatoms. The van der Waals surface area contributed by atoms with Gasteiger partial charge in [0, 0.05) is 25.2 Å². The lowest BCUT2D eigenvalue weighted by Gasteiger charge is -2.45. The molecule has 0 saturated carbocycles. The van der Waals surface area contributed by atoms with Gasteiger partial charge in [-0.1, -0.05) is 0 Å². The van der Waals surface area contributed by atoms with Crippen molar-refractivity contribution in [1.82, 2.24) is 9.21 Å². The molecular formula is C12H22N2O3S. The minimum Gasteiger partial charge on any atom is -0.337 e. The summed E-state index contributed by atoms with van der Waals surface area (Å²) < 4.78 is 23.9. The van der Waals surface area contributed by atoms with Crippen molar-refractivity contribution in [3.05, 3.63) is 0 Å². The smallest absolute Gasteiger partial charge is 0.228 e. The third kappa shape index (κ3) is 2.54. The number of sulfonamides is 1. The standard InChI is InChI=1S/C12H22N2O3S/c1-9-5-4-6-10(2)14(9)12(15)11-7-13(8-11)18(3,16)17/h9-11H,4-8H2,1-3H3. The highest BCUT2D eigenvalue weighted by atomic mass is 32.2. The number of carbonyl (C=O) groups excluding carboxylic acids is 1. The van der Waals surface area contributed by atoms with Crippen LogP contribution in [0.4, 0.5) is 0 Å². The van der Waals surface area contributed by atoms with Gasteiger partial charge >= 0.3 is 0 Å². The Bertz CT molecular complexity index is 419. The average molecular weight is 274 g/mol. The van der Waals surface area contributed by atoms with Gasteiger partial charge < -0.3 is 4.90 Å². The van der Waals surface area contributed by atoms with E-state index in [1.807, 2.05) is 4.90 Å². The monoisotopic (exact) mass is 274 g/mol. The van der Waals surface area contributed by atoms with Crippen LogP contribution in [0.3, 0.4) is 0 Å². The van der Waals surface area contributed by atoms with E-state index in [0.717, 1.165) is 12.8 Å². The van der Waals surface area contributed by atoms with E-state index >= 15 is 0 Å². The summed E-state index contributed by atoms with van der Waals surface area (Å²) in [4.78, 5) is 14.3. The molecule has 2 heterocycles. The van der Waals surface area contributed by atoms with Crippen LogP contribution in [0.2, 0.25) is 0 Å². The zero-order valence-corrected chi connectivity index (χ0v) is 12.1. The molecule has 0 spiro atoms. The Kier molecular flexibility index (Phi) is 3.69. The molecule has 2 unspecified atom stereocenters. The quantitative estimate of drug-likeness (QED) is 0.743. The number of rotatable bonds is 2. The highest BCUT2D eigenvalue weighted by molar-refractivity contribution is 7.88. The molecule has 2 aliphatic rings. The van der Waals surface area contributed by atoms with E-state index in [-0.39, 0.29) is 23.9 Å². The zero-order chi connectivity index (χ0) is 13.5. The molecular weight excluding hydrogens is 252 g/mol. The lowest BCUT2D eigenvalue weighted by atomic mass is 9.93. The van der Waals surface area contributed by atoms with Gasteiger partial charge in [-0.3, -0.25) is 4.79 Å². The molecule has 0 bridgehead atoms. The minimum atomic E-state index is -3.13. The van der Waals surface area contributed by atoms with Crippen LogP contribution >= 0.6 is 0 Å². The van der Waals surface area contributed by atoms with Crippen LogP contribution < -0.4 is 0 Å². The van der Waals surface area contributed by atoms with Crippen molar-refractivity contribution in [2.75, 3.05) is 19.3 Å². The summed E-state index contributed by atoms with van der Waals surface area (Å²) in [6.45, 7) is 4.88. The molecule has 2 rings (SSSR count). The molecule has 1 amide bonds. The molecule has 5 nitrogen and oxygen atoms in total. The fourth-order valence-corrected chi connectivity index (χ4v) is 3.83. The summed E-state index contributed by atoms with van der Waals surface area (Å²) >= 11 is 0. The number of piperidine rings is 1. The Morgan fingerprint density at radius 3 is 2.06 bits per heavy atom. The Morgan fingerprint density at radius 1 is 1.11 bits per heavy atom. The molecule has 2 saturated heterocycles. The summed E-state index contributed by atoms with van der Waals surface area (Å²) in [6.07, 6.45) is 4.48. The van der Waals surface area contributed by atoms with Gasteiger partial charge in [0.2, 0.25) is 15.9 Å². The van der Waals surface area contributed by atoms with Crippen molar-refractivity contribution in [1.29, 1.82) is 0 Å². The number of carbonyl (C=O) groups is 1. The Hall–Kier alpha value is -0.620. The van der Waals surface area contributed by atoms with E-state index in [4.69, 9.17) is 0 Å². The minimum absolute atomic E-state index is 0.134. The molecule has 0 N–H and O–H groups in total. The number of amides is 1. The first kappa shape index (κ1) is 13.8. The maximum atomic E-state index is 12.4. The second-order valence-electron chi connectivity index (χ2n) is 5.65. The first-order chi connectivity index (χ1) is 8.30. The predicted molar refractivity (Wildman–Crippen MR) is 69.5 cm³/mol. The fraction of sp³-hybridized carbons (Fsp3) is 0.917. The molecule has 104 valence electrons. The number of hydrogen-bond acceptors (Lipinski definition) is 3. The molecule has 2 aliphatic heterocycles. The summed E-state index contributed by atoms with van der Waals surface area (Å²) in [7, 11) is -3.13. The molecule has 0 aromatic rings. The molecule has 2 fully saturated rings. The van der Waals surface area contributed by atoms with E-state index in [9.17, 15) is 13.2 Å². The van der Waals surface area contributed by atoms with Gasteiger partial charge in [0.15, 0.2) is 0 Å². The van der Waals surface area contributed by atoms with Crippen LogP contribution in [0.15, 0.2) is 0 Å². The highest BCUT2D eigenvalue weighted by Gasteiger charge is 2.42. The van der Waals surface area contributed by atoms with Gasteiger partial charge in [0.25, 0.3) is 0 Å². The largest absolute Gasteiger partial charge is 0.337 e. The van der Waals surface area contributed by atoms with Crippen LogP contribution in [0, 0.1) is 5.92 Å². The highest BCUT2D eigenvalue weighted by Crippen LogP contribution is 2.28. The Labute approximate surface area is 109 Å². The molecule has 0 aromatic carbocycles. The first-order valence-electron chi connectivity index (χ1n) is 6.58. The van der Waals surface area contributed by atoms with Crippen molar-refractivity contribution in [3.63, 3.8) is 0 Å². The van der Waals surface area contributed by atoms with Gasteiger partial charge in [-0.15, -0.1) is 0 Å². The summed E-state index contributed by atoms with van der Waals surface area (Å²) in [5, 5.41) is 0. The van der Waals surface area contributed by atoms with E-state index < -0.39 is 10.0 Å². The Balaban J connectivity index is 1.97. The molecule has 0 radical (unpaired) electrons. The van der Waals surface area contributed by atoms with E-state index in [1.54, 1.807) is 0 Å². The first-order valence-corrected chi connectivity index (χ1v) is 8.43. The third-order valence-electron chi connectivity index (χ3n) is 4.11. The maximum absolute atomic E-state index is 12.4. The van der Waals surface area contributed by atoms with Crippen molar-refractivity contribution in [3.8, 4) is 0 Å². The fourth-order valence-electron chi connectivity index (χ4n) is 2.93. The number of hydrogen-bond donors (Lipinski definition) is 0. The van der Waals surface area contributed by atoms with Gasteiger partial charge in [0.1, 0.15) is 0 Å². The lowest BCUT2D eigenvalue weighted by molar-refractivity contribution is -0.145. The second kappa shape index (κ2) is 4.81. The second-order valence-corrected chi connectivity index (χ2v) is 7.63. The topological polar surface area (TPSA) is 57.7 Å². The number of nitrogens with zero attached hydrogens (tertiary/aromatic N) is 2. The normalized spacial score (nSPS) is 31.2. The van der Waals surface area contributed by atoms with E-state index in [1.165, 1.54) is 17.0 Å². The summed E-state index contributed by atoms with van der Waals surface area (Å²) in [5.74, 6) is -0.00248. The van der Waals surface area contributed by atoms with Gasteiger partial charge in [-0.2, -0.15) is 0 Å². The number of likely N-dealkylation sites (tertiary alicyclic amines) is 1. The molecule has 0 aliphatic carbocycles. The van der Waals surface area contributed by atoms with Gasteiger partial charge in [0.05, 0.1) is 12.2 Å². The van der Waals surface area contributed by atoms with Crippen molar-refractivity contribution < 1.29 is 13.2 Å². The van der Waals surface area contributed by atoms with Gasteiger partial charge in [-0.05, 0) is 33.1 Å². The van der Waals surface area contributed by atoms with Crippen molar-refractivity contribution >= 4 is 15.9 Å². The zero-order valence-electron chi connectivity index (χ0n) is 11.3. The molecule has 0 aromatic heterocycles. The Morgan fingerprint density at radius 2 is 1.61 bits per heavy atom. The van der Waals surface area contributed by atoms with Crippen LogP contribution in [0.1, 0.15) is 33.1 Å². The predicted octanol–water partition coefficient (Wildman–Crippen LogP) is 0.667. The lowest BCUT2D eigenvalue weighted by Crippen LogP contribution is -2.59. The van der Waals surface area contributed by atoms with Crippen molar-refractivity contribution in [2.24, 2.45) is 5.92 Å². The average Bonchev–Trinajstić information content (AvgIpc) is 2.12. The summed E-state index contributed by atoms with van der Waals surface area (Å²) in [6, 6.07) is 0.571. The van der Waals surface area contributed by atoms with Crippen LogP contribution in [0.25, 0.3) is 0 Å². The SMILES string of the molecule is CC1CCCC(C)N1C(=O)C1CN(S(C)(=O)=O)C1. The maximum Gasteiger partial charge on any atom is 0.228 e. The van der Waals surface area contributed by atoms with Crippen LogP contribution in [-0.4, -0.2) is 55.0 Å². The molecule has 2 atom stereocenters. The van der Waals surface area contributed by atoms with Crippen LogP contribution in [0.5, 0.6) is 0 Å². The summed E-state index contributed by atoms with van der Waals surface area (Å²) in [5.41, 5.74) is 0. The van der Waals surface area contributed by atoms with Crippen molar-refractivity contribution in [2.45, 2.75) is 45.2 Å². The third-order valence-corrected chi connectivity index (χ3v) is 5.35. The van der Waals surface area contributed by atoms with E-state index in [2.05, 4.69) is 13.8 Å². The van der Waals surface area contributed by atoms with Gasteiger partial charge in [-0.25, -0.2) is 12.7 Å². The van der Waals surface area contributed by atoms with E-state index in [0.29, 0.717) is 13.1 Å². The molecule has 18 heavy (non-hydrogen) atoms.